The van der Waals surface area contributed by atoms with Gasteiger partial charge < -0.3 is 16.8 Å². The van der Waals surface area contributed by atoms with Crippen molar-refractivity contribution in [2.45, 2.75) is 6.92 Å². The molecule has 0 unspecified atom stereocenters. The number of anilines is 3. The van der Waals surface area contributed by atoms with Gasteiger partial charge in [-0.3, -0.25) is 0 Å². The third kappa shape index (κ3) is 2.94. The Morgan fingerprint density at radius 3 is 2.31 bits per heavy atom. The zero-order valence-electron chi connectivity index (χ0n) is 7.41. The molecule has 13 heavy (non-hydrogen) atoms. The van der Waals surface area contributed by atoms with Crippen LogP contribution in [0.2, 0.25) is 0 Å². The van der Waals surface area contributed by atoms with Crippen LogP contribution in [0.3, 0.4) is 0 Å². The molecule has 1 heterocycles. The largest absolute Gasteiger partial charge is 0.368 e. The van der Waals surface area contributed by atoms with Gasteiger partial charge in [0.1, 0.15) is 0 Å². The highest BCUT2D eigenvalue weighted by molar-refractivity contribution is 5.37. The predicted octanol–water partition coefficient (Wildman–Crippen LogP) is 0.0240. The maximum Gasteiger partial charge on any atom is 0.229 e. The second-order valence-electron chi connectivity index (χ2n) is 2.69. The summed E-state index contributed by atoms with van der Waals surface area (Å²) in [5.41, 5.74) is 11.7. The Morgan fingerprint density at radius 1 is 1.31 bits per heavy atom. The number of rotatable bonds is 3. The van der Waals surface area contributed by atoms with Gasteiger partial charge in [0, 0.05) is 6.54 Å². The minimum absolute atomic E-state index is 0.108. The molecule has 0 aliphatic heterocycles. The first-order valence-electron chi connectivity index (χ1n) is 3.73. The number of hydrogen-bond donors (Lipinski definition) is 3. The quantitative estimate of drug-likeness (QED) is 0.567. The number of aromatic nitrogens is 3. The average Bonchev–Trinajstić information content (AvgIpc) is 1.99. The number of hydrogen-bond acceptors (Lipinski definition) is 6. The second kappa shape index (κ2) is 3.70. The van der Waals surface area contributed by atoms with Gasteiger partial charge in [-0.25, -0.2) is 0 Å². The summed E-state index contributed by atoms with van der Waals surface area (Å²) in [7, 11) is 0. The Labute approximate surface area is 76.1 Å². The van der Waals surface area contributed by atoms with Crippen LogP contribution in [-0.2, 0) is 0 Å². The van der Waals surface area contributed by atoms with Crippen molar-refractivity contribution in [3.05, 3.63) is 12.2 Å². The first kappa shape index (κ1) is 9.24. The van der Waals surface area contributed by atoms with Crippen molar-refractivity contribution in [2.24, 2.45) is 0 Å². The van der Waals surface area contributed by atoms with Crippen molar-refractivity contribution >= 4 is 17.8 Å². The molecule has 0 atom stereocenters. The molecule has 0 amide bonds. The molecule has 0 aliphatic carbocycles. The van der Waals surface area contributed by atoms with Crippen molar-refractivity contribution in [1.29, 1.82) is 0 Å². The van der Waals surface area contributed by atoms with Crippen LogP contribution < -0.4 is 16.8 Å². The van der Waals surface area contributed by atoms with Crippen LogP contribution in [0.4, 0.5) is 17.8 Å². The van der Waals surface area contributed by atoms with Gasteiger partial charge in [0.05, 0.1) is 0 Å². The van der Waals surface area contributed by atoms with E-state index >= 15 is 0 Å². The number of nitrogen functional groups attached to an aromatic ring is 2. The fourth-order valence-corrected chi connectivity index (χ4v) is 0.718. The van der Waals surface area contributed by atoms with Gasteiger partial charge >= 0.3 is 0 Å². The van der Waals surface area contributed by atoms with E-state index in [2.05, 4.69) is 26.8 Å². The molecule has 0 spiro atoms. The van der Waals surface area contributed by atoms with Gasteiger partial charge in [-0.2, -0.15) is 15.0 Å². The number of nitrogens with zero attached hydrogens (tertiary/aromatic N) is 3. The topological polar surface area (TPSA) is 103 Å². The maximum absolute atomic E-state index is 5.36. The van der Waals surface area contributed by atoms with Crippen LogP contribution in [0.15, 0.2) is 12.2 Å². The van der Waals surface area contributed by atoms with Gasteiger partial charge in [0.2, 0.25) is 17.8 Å². The van der Waals surface area contributed by atoms with E-state index in [1.165, 1.54) is 0 Å². The molecule has 6 heteroatoms. The lowest BCUT2D eigenvalue weighted by atomic mass is 10.3. The third-order valence-corrected chi connectivity index (χ3v) is 1.22. The summed E-state index contributed by atoms with van der Waals surface area (Å²) in [6.07, 6.45) is 0. The van der Waals surface area contributed by atoms with E-state index in [9.17, 15) is 0 Å². The highest BCUT2D eigenvalue weighted by Crippen LogP contribution is 2.03. The van der Waals surface area contributed by atoms with Crippen LogP contribution in [0, 0.1) is 0 Å². The van der Waals surface area contributed by atoms with E-state index in [4.69, 9.17) is 11.5 Å². The Bertz CT molecular complexity index is 301. The van der Waals surface area contributed by atoms with Crippen molar-refractivity contribution in [3.63, 3.8) is 0 Å². The molecule has 0 fully saturated rings. The van der Waals surface area contributed by atoms with E-state index in [0.29, 0.717) is 12.5 Å². The monoisotopic (exact) mass is 180 g/mol. The third-order valence-electron chi connectivity index (χ3n) is 1.22. The zero-order valence-corrected chi connectivity index (χ0v) is 7.41. The van der Waals surface area contributed by atoms with Gasteiger partial charge in [0.15, 0.2) is 0 Å². The van der Waals surface area contributed by atoms with Gasteiger partial charge in [-0.15, -0.1) is 0 Å². The fourth-order valence-electron chi connectivity index (χ4n) is 0.718. The average molecular weight is 180 g/mol. The summed E-state index contributed by atoms with van der Waals surface area (Å²) in [6, 6.07) is 0. The summed E-state index contributed by atoms with van der Waals surface area (Å²) in [6.45, 7) is 6.19. The van der Waals surface area contributed by atoms with Crippen molar-refractivity contribution in [3.8, 4) is 0 Å². The lowest BCUT2D eigenvalue weighted by Gasteiger charge is -2.04. The lowest BCUT2D eigenvalue weighted by molar-refractivity contribution is 1.05. The SMILES string of the molecule is C=C(C)CNc1nc(N)nc(N)n1. The van der Waals surface area contributed by atoms with Gasteiger partial charge in [0.25, 0.3) is 0 Å². The van der Waals surface area contributed by atoms with Crippen molar-refractivity contribution < 1.29 is 0 Å². The zero-order chi connectivity index (χ0) is 9.84. The molecule has 0 bridgehead atoms. The molecule has 0 aliphatic rings. The molecule has 5 N–H and O–H groups in total. The van der Waals surface area contributed by atoms with Crippen LogP contribution in [0.5, 0.6) is 0 Å². The molecular formula is C7H12N6. The Balaban J connectivity index is 2.71. The molecule has 0 aromatic carbocycles. The summed E-state index contributed by atoms with van der Waals surface area (Å²) in [4.78, 5) is 11.3. The predicted molar refractivity (Wildman–Crippen MR) is 52.0 cm³/mol. The standard InChI is InChI=1S/C7H12N6/c1-4(2)3-10-7-12-5(8)11-6(9)13-7/h1,3H2,2H3,(H5,8,9,10,11,12,13). The molecule has 0 saturated heterocycles. The van der Waals surface area contributed by atoms with E-state index in [0.717, 1.165) is 5.57 Å². The van der Waals surface area contributed by atoms with Crippen LogP contribution >= 0.6 is 0 Å². The first-order chi connectivity index (χ1) is 6.08. The Kier molecular flexibility index (Phi) is 2.63. The number of nitrogens with two attached hydrogens (primary N) is 2. The smallest absolute Gasteiger partial charge is 0.229 e. The Hall–Kier alpha value is -1.85. The summed E-state index contributed by atoms with van der Waals surface area (Å²) < 4.78 is 0. The highest BCUT2D eigenvalue weighted by Gasteiger charge is 1.99. The fraction of sp³-hybridized carbons (Fsp3) is 0.286. The van der Waals surface area contributed by atoms with Gasteiger partial charge in [-0.1, -0.05) is 12.2 Å². The Morgan fingerprint density at radius 2 is 1.85 bits per heavy atom. The summed E-state index contributed by atoms with van der Waals surface area (Å²) in [5.74, 6) is 0.585. The molecule has 0 radical (unpaired) electrons. The van der Waals surface area contributed by atoms with E-state index in [1.54, 1.807) is 0 Å². The first-order valence-corrected chi connectivity index (χ1v) is 3.73. The van der Waals surface area contributed by atoms with Crippen LogP contribution in [0.25, 0.3) is 0 Å². The van der Waals surface area contributed by atoms with Crippen molar-refractivity contribution in [1.82, 2.24) is 15.0 Å². The second-order valence-corrected chi connectivity index (χ2v) is 2.69. The van der Waals surface area contributed by atoms with E-state index in [-0.39, 0.29) is 11.9 Å². The molecule has 1 aromatic rings. The van der Waals surface area contributed by atoms with Crippen molar-refractivity contribution in [2.75, 3.05) is 23.3 Å². The van der Waals surface area contributed by atoms with Crippen LogP contribution in [0.1, 0.15) is 6.92 Å². The molecular weight excluding hydrogens is 168 g/mol. The molecule has 1 aromatic heterocycles. The van der Waals surface area contributed by atoms with E-state index in [1.807, 2.05) is 6.92 Å². The molecule has 70 valence electrons. The molecule has 6 nitrogen and oxygen atoms in total. The molecule has 1 rings (SSSR count). The lowest BCUT2D eigenvalue weighted by Crippen LogP contribution is -2.10. The normalized spacial score (nSPS) is 9.62. The highest BCUT2D eigenvalue weighted by atomic mass is 15.2. The van der Waals surface area contributed by atoms with E-state index < -0.39 is 0 Å². The molecule has 0 saturated carbocycles. The summed E-state index contributed by atoms with van der Waals surface area (Å²) in [5, 5.41) is 2.90. The number of nitrogens with one attached hydrogen (secondary N) is 1. The summed E-state index contributed by atoms with van der Waals surface area (Å²) >= 11 is 0. The van der Waals surface area contributed by atoms with Crippen LogP contribution in [-0.4, -0.2) is 21.5 Å². The van der Waals surface area contributed by atoms with Gasteiger partial charge in [-0.05, 0) is 6.92 Å². The maximum atomic E-state index is 5.36. The minimum atomic E-state index is 0.108. The minimum Gasteiger partial charge on any atom is -0.368 e.